The molecule has 0 fully saturated rings. The fourth-order valence-corrected chi connectivity index (χ4v) is 3.23. The van der Waals surface area contributed by atoms with Crippen LogP contribution in [0.15, 0.2) is 53.3 Å². The van der Waals surface area contributed by atoms with Gasteiger partial charge in [0.25, 0.3) is 5.91 Å². The van der Waals surface area contributed by atoms with Gasteiger partial charge in [0, 0.05) is 29.4 Å². The number of hydrogen-bond acceptors (Lipinski definition) is 3. The van der Waals surface area contributed by atoms with Crippen molar-refractivity contribution in [2.45, 2.75) is 13.5 Å². The minimum atomic E-state index is -0.298. The molecule has 0 atom stereocenters. The lowest BCUT2D eigenvalue weighted by Gasteiger charge is -2.07. The third kappa shape index (κ3) is 2.75. The molecule has 0 aliphatic heterocycles. The summed E-state index contributed by atoms with van der Waals surface area (Å²) in [6, 6.07) is 14.7. The summed E-state index contributed by atoms with van der Waals surface area (Å²) in [5, 5.41) is 9.13. The first-order valence-corrected chi connectivity index (χ1v) is 8.35. The molecule has 2 aromatic carbocycles. The number of hydrogen-bond donors (Lipinski definition) is 2. The van der Waals surface area contributed by atoms with Gasteiger partial charge in [-0.2, -0.15) is 5.10 Å². The molecule has 2 N–H and O–H groups in total. The number of pyridine rings is 1. The third-order valence-corrected chi connectivity index (χ3v) is 4.49. The van der Waals surface area contributed by atoms with E-state index in [2.05, 4.69) is 21.5 Å². The Morgan fingerprint density at radius 3 is 2.81 bits per heavy atom. The van der Waals surface area contributed by atoms with Crippen molar-refractivity contribution in [3.05, 3.63) is 75.7 Å². The molecule has 0 bridgehead atoms. The lowest BCUT2D eigenvalue weighted by molar-refractivity contribution is 0.0952. The van der Waals surface area contributed by atoms with Crippen molar-refractivity contribution in [1.29, 1.82) is 0 Å². The number of carbonyl (C=O) groups excluding carboxylic acids is 1. The summed E-state index contributed by atoms with van der Waals surface area (Å²) in [5.41, 5.74) is 3.66. The zero-order valence-corrected chi connectivity index (χ0v) is 14.5. The van der Waals surface area contributed by atoms with Crippen LogP contribution in [0, 0.1) is 6.92 Å². The highest BCUT2D eigenvalue weighted by Crippen LogP contribution is 2.20. The highest BCUT2D eigenvalue weighted by Gasteiger charge is 2.14. The quantitative estimate of drug-likeness (QED) is 0.598. The predicted molar refractivity (Wildman–Crippen MR) is 101 cm³/mol. The maximum atomic E-state index is 12.7. The maximum absolute atomic E-state index is 12.7. The summed E-state index contributed by atoms with van der Waals surface area (Å²) in [6.45, 7) is 2.32. The van der Waals surface area contributed by atoms with Gasteiger partial charge in [0.1, 0.15) is 0 Å². The van der Waals surface area contributed by atoms with Gasteiger partial charge < -0.3 is 10.3 Å². The molecule has 0 saturated heterocycles. The molecule has 4 aromatic rings. The van der Waals surface area contributed by atoms with Crippen molar-refractivity contribution in [3.63, 3.8) is 0 Å². The number of H-pyrrole nitrogens is 1. The molecular formula is C20H18N4O2. The van der Waals surface area contributed by atoms with E-state index in [1.165, 1.54) is 6.07 Å². The highest BCUT2D eigenvalue weighted by molar-refractivity contribution is 6.06. The molecule has 4 rings (SSSR count). The van der Waals surface area contributed by atoms with Crippen LogP contribution in [-0.2, 0) is 13.6 Å². The second kappa shape index (κ2) is 6.15. The van der Waals surface area contributed by atoms with E-state index in [1.54, 1.807) is 10.7 Å². The topological polar surface area (TPSA) is 79.8 Å². The van der Waals surface area contributed by atoms with Crippen LogP contribution in [0.4, 0.5) is 0 Å². The smallest absolute Gasteiger partial charge is 0.252 e. The van der Waals surface area contributed by atoms with Crippen molar-refractivity contribution in [2.75, 3.05) is 0 Å². The van der Waals surface area contributed by atoms with Gasteiger partial charge in [0.15, 0.2) is 0 Å². The molecule has 6 heteroatoms. The highest BCUT2D eigenvalue weighted by atomic mass is 16.2. The number of para-hydroxylation sites is 1. The molecule has 0 spiro atoms. The Morgan fingerprint density at radius 2 is 1.96 bits per heavy atom. The Labute approximate surface area is 149 Å². The van der Waals surface area contributed by atoms with Crippen LogP contribution in [-0.4, -0.2) is 20.7 Å². The van der Waals surface area contributed by atoms with E-state index in [-0.39, 0.29) is 11.5 Å². The molecule has 0 saturated carbocycles. The molecule has 0 aliphatic carbocycles. The van der Waals surface area contributed by atoms with Gasteiger partial charge in [0.05, 0.1) is 23.3 Å². The fraction of sp³-hybridized carbons (Fsp3) is 0.150. The van der Waals surface area contributed by atoms with E-state index in [0.717, 1.165) is 22.2 Å². The first kappa shape index (κ1) is 16.1. The van der Waals surface area contributed by atoms with E-state index < -0.39 is 0 Å². The number of aryl methyl sites for hydroxylation is 2. The van der Waals surface area contributed by atoms with Crippen molar-refractivity contribution < 1.29 is 4.79 Å². The van der Waals surface area contributed by atoms with E-state index in [0.29, 0.717) is 23.0 Å². The maximum Gasteiger partial charge on any atom is 0.252 e. The van der Waals surface area contributed by atoms with Gasteiger partial charge in [-0.3, -0.25) is 14.3 Å². The summed E-state index contributed by atoms with van der Waals surface area (Å²) >= 11 is 0. The zero-order valence-electron chi connectivity index (χ0n) is 14.5. The second-order valence-corrected chi connectivity index (χ2v) is 6.37. The number of nitrogens with one attached hydrogen (secondary N) is 2. The lowest BCUT2D eigenvalue weighted by atomic mass is 10.1. The van der Waals surface area contributed by atoms with Crippen molar-refractivity contribution in [1.82, 2.24) is 20.1 Å². The normalized spacial score (nSPS) is 11.2. The Bertz CT molecular complexity index is 1200. The van der Waals surface area contributed by atoms with Gasteiger partial charge in [-0.15, -0.1) is 0 Å². The third-order valence-electron chi connectivity index (χ3n) is 4.49. The van der Waals surface area contributed by atoms with Gasteiger partial charge in [0.2, 0.25) is 5.56 Å². The first-order valence-electron chi connectivity index (χ1n) is 8.35. The van der Waals surface area contributed by atoms with Crippen molar-refractivity contribution in [2.24, 2.45) is 7.05 Å². The Hall–Kier alpha value is -3.41. The minimum Gasteiger partial charge on any atom is -0.346 e. The van der Waals surface area contributed by atoms with Crippen LogP contribution < -0.4 is 10.9 Å². The molecule has 0 radical (unpaired) electrons. The van der Waals surface area contributed by atoms with Crippen LogP contribution in [0.3, 0.4) is 0 Å². The molecule has 1 amide bonds. The van der Waals surface area contributed by atoms with Crippen LogP contribution >= 0.6 is 0 Å². The summed E-state index contributed by atoms with van der Waals surface area (Å²) in [6.07, 6.45) is 0. The monoisotopic (exact) mass is 346 g/mol. The second-order valence-electron chi connectivity index (χ2n) is 6.37. The molecule has 2 heterocycles. The van der Waals surface area contributed by atoms with Crippen molar-refractivity contribution >= 4 is 27.7 Å². The Morgan fingerprint density at radius 1 is 1.15 bits per heavy atom. The molecule has 0 unspecified atom stereocenters. The first-order chi connectivity index (χ1) is 12.5. The van der Waals surface area contributed by atoms with Gasteiger partial charge in [-0.05, 0) is 25.1 Å². The molecule has 0 aliphatic rings. The number of amides is 1. The standard InChI is InChI=1S/C20H18N4O2/c1-12-7-8-18-15(9-12)17(23-24(18)2)11-21-20(26)14-10-19(25)22-16-6-4-3-5-13(14)16/h3-10H,11H2,1-2H3,(H,21,26)(H,22,25). The van der Waals surface area contributed by atoms with E-state index in [1.807, 2.05) is 44.3 Å². The molecule has 130 valence electrons. The average Bonchev–Trinajstić information content (AvgIpc) is 2.94. The van der Waals surface area contributed by atoms with Gasteiger partial charge >= 0.3 is 0 Å². The largest absolute Gasteiger partial charge is 0.346 e. The molecule has 6 nitrogen and oxygen atoms in total. The SMILES string of the molecule is Cc1ccc2c(c1)c(CNC(=O)c1cc(=O)[nH]c3ccccc13)nn2C. The molecule has 26 heavy (non-hydrogen) atoms. The zero-order chi connectivity index (χ0) is 18.3. The number of carbonyl (C=O) groups is 1. The fourth-order valence-electron chi connectivity index (χ4n) is 3.23. The number of aromatic amines is 1. The lowest BCUT2D eigenvalue weighted by Crippen LogP contribution is -2.25. The Kier molecular flexibility index (Phi) is 3.80. The van der Waals surface area contributed by atoms with Crippen LogP contribution in [0.5, 0.6) is 0 Å². The number of benzene rings is 2. The molecular weight excluding hydrogens is 328 g/mol. The van der Waals surface area contributed by atoms with E-state index in [4.69, 9.17) is 0 Å². The van der Waals surface area contributed by atoms with E-state index in [9.17, 15) is 9.59 Å². The van der Waals surface area contributed by atoms with Crippen LogP contribution in [0.2, 0.25) is 0 Å². The molecule has 2 aromatic heterocycles. The van der Waals surface area contributed by atoms with E-state index >= 15 is 0 Å². The summed E-state index contributed by atoms with van der Waals surface area (Å²) in [5.74, 6) is -0.293. The van der Waals surface area contributed by atoms with Gasteiger partial charge in [-0.1, -0.05) is 29.8 Å². The van der Waals surface area contributed by atoms with Crippen LogP contribution in [0.25, 0.3) is 21.8 Å². The number of rotatable bonds is 3. The summed E-state index contributed by atoms with van der Waals surface area (Å²) in [7, 11) is 1.88. The summed E-state index contributed by atoms with van der Waals surface area (Å²) in [4.78, 5) is 27.3. The minimum absolute atomic E-state index is 0.292. The number of aromatic nitrogens is 3. The Balaban J connectivity index is 1.66. The average molecular weight is 346 g/mol. The number of fused-ring (bicyclic) bond motifs is 2. The van der Waals surface area contributed by atoms with Crippen LogP contribution in [0.1, 0.15) is 21.6 Å². The predicted octanol–water partition coefficient (Wildman–Crippen LogP) is 2.65. The summed E-state index contributed by atoms with van der Waals surface area (Å²) < 4.78 is 1.80. The van der Waals surface area contributed by atoms with Gasteiger partial charge in [-0.25, -0.2) is 0 Å². The van der Waals surface area contributed by atoms with Crippen molar-refractivity contribution in [3.8, 4) is 0 Å². The number of nitrogens with zero attached hydrogens (tertiary/aromatic N) is 2.